The highest BCUT2D eigenvalue weighted by atomic mass is 32.2. The van der Waals surface area contributed by atoms with Crippen LogP contribution in [0.15, 0.2) is 34.5 Å². The molecule has 1 fully saturated rings. The number of thiazole rings is 1. The van der Waals surface area contributed by atoms with Gasteiger partial charge in [-0.25, -0.2) is 13.4 Å². The van der Waals surface area contributed by atoms with Gasteiger partial charge in [-0.15, -0.1) is 11.3 Å². The summed E-state index contributed by atoms with van der Waals surface area (Å²) in [6.07, 6.45) is 3.88. The van der Waals surface area contributed by atoms with Crippen LogP contribution in [0.2, 0.25) is 0 Å². The molecule has 0 saturated carbocycles. The van der Waals surface area contributed by atoms with Crippen LogP contribution in [-0.4, -0.2) is 36.7 Å². The van der Waals surface area contributed by atoms with Gasteiger partial charge in [-0.2, -0.15) is 4.31 Å². The zero-order chi connectivity index (χ0) is 20.1. The van der Waals surface area contributed by atoms with Crippen molar-refractivity contribution in [2.45, 2.75) is 56.9 Å². The second-order valence-electron chi connectivity index (χ2n) is 7.36. The Morgan fingerprint density at radius 2 is 1.93 bits per heavy atom. The van der Waals surface area contributed by atoms with Gasteiger partial charge in [0.25, 0.3) is 5.91 Å². The van der Waals surface area contributed by atoms with E-state index in [1.807, 2.05) is 5.38 Å². The number of carbonyl (C=O) groups is 1. The van der Waals surface area contributed by atoms with E-state index in [9.17, 15) is 13.2 Å². The normalized spacial score (nSPS) is 16.1. The summed E-state index contributed by atoms with van der Waals surface area (Å²) in [6.45, 7) is 5.57. The molecule has 0 radical (unpaired) electrons. The molecule has 0 atom stereocenters. The Bertz CT molecular complexity index is 914. The van der Waals surface area contributed by atoms with Crippen LogP contribution >= 0.6 is 11.3 Å². The molecule has 1 N–H and O–H groups in total. The number of carbonyl (C=O) groups excluding carboxylic acids is 1. The Morgan fingerprint density at radius 1 is 1.21 bits per heavy atom. The quantitative estimate of drug-likeness (QED) is 0.770. The summed E-state index contributed by atoms with van der Waals surface area (Å²) in [5.74, 6) is 0.0577. The second kappa shape index (κ2) is 9.15. The SMILES string of the molecule is CC(C)c1nc(CNC(=O)c2cccc(S(=O)(=O)N3CCCCCC3)c2)cs1. The zero-order valence-corrected chi connectivity index (χ0v) is 18.0. The number of nitrogens with zero attached hydrogens (tertiary/aromatic N) is 2. The van der Waals surface area contributed by atoms with Gasteiger partial charge in [0, 0.05) is 30.0 Å². The van der Waals surface area contributed by atoms with E-state index in [0.29, 0.717) is 31.1 Å². The summed E-state index contributed by atoms with van der Waals surface area (Å²) in [5, 5.41) is 5.81. The number of sulfonamides is 1. The van der Waals surface area contributed by atoms with Gasteiger partial charge in [-0.1, -0.05) is 32.8 Å². The molecular weight excluding hydrogens is 394 g/mol. The van der Waals surface area contributed by atoms with Crippen LogP contribution in [-0.2, 0) is 16.6 Å². The molecule has 6 nitrogen and oxygen atoms in total. The van der Waals surface area contributed by atoms with E-state index in [2.05, 4.69) is 24.1 Å². The van der Waals surface area contributed by atoms with Crippen molar-refractivity contribution in [2.75, 3.05) is 13.1 Å². The summed E-state index contributed by atoms with van der Waals surface area (Å²) in [7, 11) is -3.57. The van der Waals surface area contributed by atoms with E-state index in [4.69, 9.17) is 0 Å². The topological polar surface area (TPSA) is 79.4 Å². The lowest BCUT2D eigenvalue weighted by Crippen LogP contribution is -2.32. The van der Waals surface area contributed by atoms with Crippen LogP contribution in [0.25, 0.3) is 0 Å². The fourth-order valence-electron chi connectivity index (χ4n) is 3.17. The van der Waals surface area contributed by atoms with Crippen LogP contribution in [0, 0.1) is 0 Å². The lowest BCUT2D eigenvalue weighted by molar-refractivity contribution is 0.0950. The van der Waals surface area contributed by atoms with Gasteiger partial charge in [-0.05, 0) is 31.0 Å². The standard InChI is InChI=1S/C20H27N3O3S2/c1-15(2)20-22-17(14-27-20)13-21-19(24)16-8-7-9-18(12-16)28(25,26)23-10-5-3-4-6-11-23/h7-9,12,14-15H,3-6,10-11,13H2,1-2H3,(H,21,24). The first-order valence-corrected chi connectivity index (χ1v) is 12.0. The first kappa shape index (κ1) is 21.0. The van der Waals surface area contributed by atoms with Gasteiger partial charge < -0.3 is 5.32 Å². The third-order valence-electron chi connectivity index (χ3n) is 4.79. The molecule has 2 aromatic rings. The highest BCUT2D eigenvalue weighted by molar-refractivity contribution is 7.89. The second-order valence-corrected chi connectivity index (χ2v) is 10.2. The van der Waals surface area contributed by atoms with E-state index in [0.717, 1.165) is 36.4 Å². The first-order chi connectivity index (χ1) is 13.4. The summed E-state index contributed by atoms with van der Waals surface area (Å²) >= 11 is 1.58. The highest BCUT2D eigenvalue weighted by Crippen LogP contribution is 2.22. The Labute approximate surface area is 171 Å². The third kappa shape index (κ3) is 4.98. The molecule has 0 aliphatic carbocycles. The van der Waals surface area contributed by atoms with Crippen molar-refractivity contribution in [3.8, 4) is 0 Å². The summed E-state index contributed by atoms with van der Waals surface area (Å²) < 4.78 is 27.4. The molecule has 2 heterocycles. The maximum atomic E-state index is 12.9. The molecule has 1 aliphatic heterocycles. The van der Waals surface area contributed by atoms with Crippen LogP contribution in [0.1, 0.15) is 66.5 Å². The molecule has 28 heavy (non-hydrogen) atoms. The minimum absolute atomic E-state index is 0.179. The van der Waals surface area contributed by atoms with E-state index in [-0.39, 0.29) is 10.8 Å². The third-order valence-corrected chi connectivity index (χ3v) is 7.88. The monoisotopic (exact) mass is 421 g/mol. The van der Waals surface area contributed by atoms with Crippen molar-refractivity contribution >= 4 is 27.3 Å². The smallest absolute Gasteiger partial charge is 0.251 e. The maximum Gasteiger partial charge on any atom is 0.251 e. The number of benzene rings is 1. The lowest BCUT2D eigenvalue weighted by Gasteiger charge is -2.20. The first-order valence-electron chi connectivity index (χ1n) is 9.70. The molecule has 1 aromatic heterocycles. The Morgan fingerprint density at radius 3 is 2.57 bits per heavy atom. The molecule has 8 heteroatoms. The predicted molar refractivity (Wildman–Crippen MR) is 111 cm³/mol. The number of hydrogen-bond acceptors (Lipinski definition) is 5. The number of amides is 1. The average Bonchev–Trinajstić information content (AvgIpc) is 2.99. The molecule has 1 amide bonds. The summed E-state index contributed by atoms with van der Waals surface area (Å²) in [4.78, 5) is 17.2. The van der Waals surface area contributed by atoms with Crippen LogP contribution in [0.3, 0.4) is 0 Å². The minimum atomic E-state index is -3.57. The molecule has 0 spiro atoms. The van der Waals surface area contributed by atoms with Gasteiger partial charge >= 0.3 is 0 Å². The van der Waals surface area contributed by atoms with Crippen molar-refractivity contribution in [1.82, 2.24) is 14.6 Å². The number of rotatable bonds is 6. The number of hydrogen-bond donors (Lipinski definition) is 1. The fourth-order valence-corrected chi connectivity index (χ4v) is 5.57. The fraction of sp³-hybridized carbons (Fsp3) is 0.500. The van der Waals surface area contributed by atoms with Crippen molar-refractivity contribution in [3.63, 3.8) is 0 Å². The Balaban J connectivity index is 1.70. The molecule has 0 unspecified atom stereocenters. The van der Waals surface area contributed by atoms with Gasteiger partial charge in [-0.3, -0.25) is 4.79 Å². The molecule has 1 aromatic carbocycles. The minimum Gasteiger partial charge on any atom is -0.346 e. The summed E-state index contributed by atoms with van der Waals surface area (Å²) in [5.41, 5.74) is 1.16. The van der Waals surface area contributed by atoms with Crippen LogP contribution in [0.4, 0.5) is 0 Å². The Hall–Kier alpha value is -1.77. The molecule has 1 aliphatic rings. The van der Waals surface area contributed by atoms with Gasteiger partial charge in [0.2, 0.25) is 10.0 Å². The summed E-state index contributed by atoms with van der Waals surface area (Å²) in [6, 6.07) is 6.29. The highest BCUT2D eigenvalue weighted by Gasteiger charge is 2.25. The van der Waals surface area contributed by atoms with E-state index < -0.39 is 10.0 Å². The predicted octanol–water partition coefficient (Wildman–Crippen LogP) is 3.76. The van der Waals surface area contributed by atoms with E-state index in [1.54, 1.807) is 33.8 Å². The van der Waals surface area contributed by atoms with Crippen LogP contribution in [0.5, 0.6) is 0 Å². The molecule has 1 saturated heterocycles. The maximum absolute atomic E-state index is 12.9. The van der Waals surface area contributed by atoms with Crippen molar-refractivity contribution in [1.29, 1.82) is 0 Å². The molecular formula is C20H27N3O3S2. The number of nitrogens with one attached hydrogen (secondary N) is 1. The van der Waals surface area contributed by atoms with Crippen molar-refractivity contribution in [2.24, 2.45) is 0 Å². The Kier molecular flexibility index (Phi) is 6.85. The number of aromatic nitrogens is 1. The van der Waals surface area contributed by atoms with Crippen molar-refractivity contribution < 1.29 is 13.2 Å². The molecule has 152 valence electrons. The zero-order valence-electron chi connectivity index (χ0n) is 16.3. The van der Waals surface area contributed by atoms with E-state index in [1.165, 1.54) is 6.07 Å². The van der Waals surface area contributed by atoms with Gasteiger partial charge in [0.15, 0.2) is 0 Å². The molecule has 0 bridgehead atoms. The van der Waals surface area contributed by atoms with Crippen LogP contribution < -0.4 is 5.32 Å². The van der Waals surface area contributed by atoms with Gasteiger partial charge in [0.05, 0.1) is 22.1 Å². The molecule has 3 rings (SSSR count). The largest absolute Gasteiger partial charge is 0.346 e. The lowest BCUT2D eigenvalue weighted by atomic mass is 10.2. The van der Waals surface area contributed by atoms with E-state index >= 15 is 0 Å². The van der Waals surface area contributed by atoms with Gasteiger partial charge in [0.1, 0.15) is 0 Å². The average molecular weight is 422 g/mol. The van der Waals surface area contributed by atoms with Crippen molar-refractivity contribution in [3.05, 3.63) is 45.9 Å².